The maximum Gasteiger partial charge on any atom is 0.251 e. The summed E-state index contributed by atoms with van der Waals surface area (Å²) in [6, 6.07) is 13.1. The topological polar surface area (TPSA) is 88.9 Å². The second kappa shape index (κ2) is 10.7. The number of benzene rings is 2. The van der Waals surface area contributed by atoms with E-state index in [0.29, 0.717) is 16.5 Å². The van der Waals surface area contributed by atoms with Crippen molar-refractivity contribution < 1.29 is 9.59 Å². The van der Waals surface area contributed by atoms with Crippen LogP contribution >= 0.6 is 11.8 Å². The summed E-state index contributed by atoms with van der Waals surface area (Å²) in [5, 5.41) is 15.3. The molecule has 1 atom stereocenters. The molecule has 0 spiro atoms. The highest BCUT2D eigenvalue weighted by Gasteiger charge is 2.25. The summed E-state index contributed by atoms with van der Waals surface area (Å²) in [5.74, 6) is 0.718. The zero-order valence-electron chi connectivity index (χ0n) is 20.0. The van der Waals surface area contributed by atoms with Crippen LogP contribution in [0.2, 0.25) is 0 Å². The van der Waals surface area contributed by atoms with Gasteiger partial charge in [0.2, 0.25) is 5.91 Å². The van der Waals surface area contributed by atoms with E-state index in [1.54, 1.807) is 6.07 Å². The summed E-state index contributed by atoms with van der Waals surface area (Å²) < 4.78 is 1.85. The zero-order chi connectivity index (χ0) is 24.1. The lowest BCUT2D eigenvalue weighted by Gasteiger charge is -2.22. The Morgan fingerprint density at radius 3 is 2.33 bits per heavy atom. The maximum absolute atomic E-state index is 12.8. The molecular formula is C25H31N5O2S. The lowest BCUT2D eigenvalue weighted by atomic mass is 10.0. The number of hydrogen-bond donors (Lipinski definition) is 2. The molecule has 2 aromatic carbocycles. The van der Waals surface area contributed by atoms with Gasteiger partial charge < -0.3 is 15.2 Å². The van der Waals surface area contributed by atoms with E-state index in [2.05, 4.69) is 20.8 Å². The molecule has 7 nitrogen and oxygen atoms in total. The smallest absolute Gasteiger partial charge is 0.251 e. The first kappa shape index (κ1) is 24.5. The largest absolute Gasteiger partial charge is 0.342 e. The minimum Gasteiger partial charge on any atom is -0.342 e. The van der Waals surface area contributed by atoms with Crippen LogP contribution < -0.4 is 10.6 Å². The molecule has 0 bridgehead atoms. The second-order valence-electron chi connectivity index (χ2n) is 8.57. The number of aromatic nitrogens is 3. The van der Waals surface area contributed by atoms with Crippen molar-refractivity contribution in [1.82, 2.24) is 20.1 Å². The first-order valence-electron chi connectivity index (χ1n) is 10.9. The van der Waals surface area contributed by atoms with Gasteiger partial charge in [-0.3, -0.25) is 9.59 Å². The van der Waals surface area contributed by atoms with Crippen LogP contribution in [0.4, 0.5) is 5.69 Å². The number of nitrogens with one attached hydrogen (secondary N) is 2. The van der Waals surface area contributed by atoms with Gasteiger partial charge in [0.25, 0.3) is 5.91 Å². The zero-order valence-corrected chi connectivity index (χ0v) is 20.8. The standard InChI is InChI=1S/C25H31N5O2S/c1-15(2)21(27-24(32)19-12-7-9-16(3)13-19)23-28-29-25(30(23)6)33-14-20(31)26-22-17(4)10-8-11-18(22)5/h7-13,15,21H,14H2,1-6H3,(H,26,31)(H,27,32). The lowest BCUT2D eigenvalue weighted by Crippen LogP contribution is -2.33. The molecule has 1 aromatic heterocycles. The Labute approximate surface area is 199 Å². The summed E-state index contributed by atoms with van der Waals surface area (Å²) in [6.07, 6.45) is 0. The average molecular weight is 466 g/mol. The molecule has 0 aliphatic heterocycles. The fraction of sp³-hybridized carbons (Fsp3) is 0.360. The average Bonchev–Trinajstić information content (AvgIpc) is 3.12. The highest BCUT2D eigenvalue weighted by molar-refractivity contribution is 7.99. The Morgan fingerprint density at radius 2 is 1.70 bits per heavy atom. The van der Waals surface area contributed by atoms with Gasteiger partial charge in [0.15, 0.2) is 11.0 Å². The van der Waals surface area contributed by atoms with Crippen molar-refractivity contribution in [3.63, 3.8) is 0 Å². The first-order valence-corrected chi connectivity index (χ1v) is 11.9. The number of amides is 2. The molecule has 0 saturated carbocycles. The van der Waals surface area contributed by atoms with Crippen LogP contribution in [-0.2, 0) is 11.8 Å². The van der Waals surface area contributed by atoms with Crippen molar-refractivity contribution in [2.45, 2.75) is 45.8 Å². The predicted octanol–water partition coefficient (Wildman–Crippen LogP) is 4.60. The highest BCUT2D eigenvalue weighted by atomic mass is 32.2. The molecule has 1 heterocycles. The van der Waals surface area contributed by atoms with E-state index in [-0.39, 0.29) is 29.5 Å². The van der Waals surface area contributed by atoms with Gasteiger partial charge in [0.05, 0.1) is 11.8 Å². The summed E-state index contributed by atoms with van der Waals surface area (Å²) in [4.78, 5) is 25.4. The van der Waals surface area contributed by atoms with Gasteiger partial charge in [-0.15, -0.1) is 10.2 Å². The van der Waals surface area contributed by atoms with E-state index in [9.17, 15) is 9.59 Å². The van der Waals surface area contributed by atoms with Crippen LogP contribution in [0.5, 0.6) is 0 Å². The predicted molar refractivity (Wildman–Crippen MR) is 132 cm³/mol. The molecule has 3 rings (SSSR count). The van der Waals surface area contributed by atoms with E-state index in [0.717, 1.165) is 22.4 Å². The number of carbonyl (C=O) groups excluding carboxylic acids is 2. The van der Waals surface area contributed by atoms with Crippen molar-refractivity contribution in [3.05, 3.63) is 70.5 Å². The Hall–Kier alpha value is -3.13. The maximum atomic E-state index is 12.8. The van der Waals surface area contributed by atoms with Crippen LogP contribution in [-0.4, -0.2) is 32.3 Å². The number of thioether (sulfide) groups is 1. The van der Waals surface area contributed by atoms with Crippen LogP contribution in [0.3, 0.4) is 0 Å². The van der Waals surface area contributed by atoms with E-state index >= 15 is 0 Å². The number of hydrogen-bond acceptors (Lipinski definition) is 5. The van der Waals surface area contributed by atoms with Crippen molar-refractivity contribution in [2.24, 2.45) is 13.0 Å². The van der Waals surface area contributed by atoms with Gasteiger partial charge in [-0.05, 0) is 49.9 Å². The lowest BCUT2D eigenvalue weighted by molar-refractivity contribution is -0.113. The third kappa shape index (κ3) is 6.01. The fourth-order valence-corrected chi connectivity index (χ4v) is 4.30. The summed E-state index contributed by atoms with van der Waals surface area (Å²) >= 11 is 1.32. The molecule has 2 N–H and O–H groups in total. The van der Waals surface area contributed by atoms with E-state index < -0.39 is 0 Å². The number of para-hydroxylation sites is 1. The molecular weight excluding hydrogens is 434 g/mol. The van der Waals surface area contributed by atoms with Crippen molar-refractivity contribution in [3.8, 4) is 0 Å². The van der Waals surface area contributed by atoms with Crippen LogP contribution in [0.15, 0.2) is 47.6 Å². The van der Waals surface area contributed by atoms with Crippen LogP contribution in [0, 0.1) is 26.7 Å². The van der Waals surface area contributed by atoms with Gasteiger partial charge in [-0.1, -0.05) is 61.5 Å². The molecule has 1 unspecified atom stereocenters. The molecule has 0 fully saturated rings. The van der Waals surface area contributed by atoms with Crippen molar-refractivity contribution in [2.75, 3.05) is 11.1 Å². The van der Waals surface area contributed by atoms with Gasteiger partial charge in [0.1, 0.15) is 0 Å². The van der Waals surface area contributed by atoms with E-state index in [1.165, 1.54) is 11.8 Å². The number of anilines is 1. The monoisotopic (exact) mass is 465 g/mol. The summed E-state index contributed by atoms with van der Waals surface area (Å²) in [7, 11) is 1.86. The SMILES string of the molecule is Cc1cccc(C(=O)NC(c2nnc(SCC(=O)Nc3c(C)cccc3C)n2C)C(C)C)c1. The molecule has 0 aliphatic rings. The molecule has 0 saturated heterocycles. The Bertz CT molecular complexity index is 1140. The number of rotatable bonds is 8. The highest BCUT2D eigenvalue weighted by Crippen LogP contribution is 2.25. The molecule has 0 radical (unpaired) electrons. The van der Waals surface area contributed by atoms with Crippen LogP contribution in [0.1, 0.15) is 52.8 Å². The van der Waals surface area contributed by atoms with Crippen molar-refractivity contribution in [1.29, 1.82) is 0 Å². The normalized spacial score (nSPS) is 12.0. The third-order valence-electron chi connectivity index (χ3n) is 5.46. The first-order chi connectivity index (χ1) is 15.7. The minimum atomic E-state index is -0.312. The van der Waals surface area contributed by atoms with Gasteiger partial charge in [-0.2, -0.15) is 0 Å². The van der Waals surface area contributed by atoms with Crippen molar-refractivity contribution >= 4 is 29.3 Å². The number of carbonyl (C=O) groups is 2. The Balaban J connectivity index is 1.68. The van der Waals surface area contributed by atoms with Crippen LogP contribution in [0.25, 0.3) is 0 Å². The summed E-state index contributed by atoms with van der Waals surface area (Å²) in [5.41, 5.74) is 4.54. The van der Waals surface area contributed by atoms with Gasteiger partial charge >= 0.3 is 0 Å². The Kier molecular flexibility index (Phi) is 7.92. The molecule has 2 amide bonds. The molecule has 3 aromatic rings. The van der Waals surface area contributed by atoms with Gasteiger partial charge in [-0.25, -0.2) is 0 Å². The van der Waals surface area contributed by atoms with E-state index in [4.69, 9.17) is 0 Å². The molecule has 8 heteroatoms. The fourth-order valence-electron chi connectivity index (χ4n) is 3.58. The molecule has 0 aliphatic carbocycles. The Morgan fingerprint density at radius 1 is 1.03 bits per heavy atom. The number of nitrogens with zero attached hydrogens (tertiary/aromatic N) is 3. The second-order valence-corrected chi connectivity index (χ2v) is 9.51. The molecule has 174 valence electrons. The summed E-state index contributed by atoms with van der Waals surface area (Å²) in [6.45, 7) is 9.96. The van der Waals surface area contributed by atoms with Gasteiger partial charge in [0, 0.05) is 18.3 Å². The third-order valence-corrected chi connectivity index (χ3v) is 6.48. The molecule has 33 heavy (non-hydrogen) atoms. The quantitative estimate of drug-likeness (QED) is 0.475. The number of aryl methyl sites for hydroxylation is 3. The van der Waals surface area contributed by atoms with E-state index in [1.807, 2.05) is 82.6 Å². The minimum absolute atomic E-state index is 0.102.